The number of benzene rings is 1. The first-order chi connectivity index (χ1) is 10.1. The van der Waals surface area contributed by atoms with Gasteiger partial charge in [0.05, 0.1) is 24.8 Å². The zero-order valence-corrected chi connectivity index (χ0v) is 15.4. The summed E-state index contributed by atoms with van der Waals surface area (Å²) in [6, 6.07) is 7.84. The molecule has 2 rings (SSSR count). The van der Waals surface area contributed by atoms with Crippen molar-refractivity contribution in [1.82, 2.24) is 4.90 Å². The highest BCUT2D eigenvalue weighted by Crippen LogP contribution is 2.32. The molecule has 0 saturated carbocycles. The van der Waals surface area contributed by atoms with Crippen LogP contribution in [-0.2, 0) is 9.47 Å². The summed E-state index contributed by atoms with van der Waals surface area (Å²) < 4.78 is 12.5. The molecule has 22 heavy (non-hydrogen) atoms. The Morgan fingerprint density at radius 3 is 2.45 bits per heavy atom. The maximum atomic E-state index is 12.6. The summed E-state index contributed by atoms with van der Waals surface area (Å²) in [6.07, 6.45) is -0.295. The Balaban J connectivity index is 2.26. The van der Waals surface area contributed by atoms with Crippen molar-refractivity contribution in [2.24, 2.45) is 0 Å². The van der Waals surface area contributed by atoms with Gasteiger partial charge in [0.2, 0.25) is 0 Å². The highest BCUT2D eigenvalue weighted by atomic mass is 79.9. The second-order valence-corrected chi connectivity index (χ2v) is 8.16. The Kier molecular flexibility index (Phi) is 4.87. The molecule has 1 fully saturated rings. The molecule has 122 valence electrons. The molecule has 1 saturated heterocycles. The number of rotatable bonds is 1. The Morgan fingerprint density at radius 2 is 1.91 bits per heavy atom. The van der Waals surface area contributed by atoms with Crippen LogP contribution in [0.2, 0.25) is 0 Å². The van der Waals surface area contributed by atoms with Crippen molar-refractivity contribution in [2.45, 2.75) is 51.9 Å². The third-order valence-corrected chi connectivity index (χ3v) is 3.97. The van der Waals surface area contributed by atoms with Gasteiger partial charge in [-0.05, 0) is 52.3 Å². The first-order valence-corrected chi connectivity index (χ1v) is 8.26. The molecule has 0 N–H and O–H groups in total. The van der Waals surface area contributed by atoms with Gasteiger partial charge in [-0.1, -0.05) is 28.1 Å². The van der Waals surface area contributed by atoms with E-state index in [0.29, 0.717) is 13.2 Å². The fourth-order valence-corrected chi connectivity index (χ4v) is 2.70. The zero-order chi connectivity index (χ0) is 16.5. The molecule has 1 heterocycles. The first kappa shape index (κ1) is 17.3. The summed E-state index contributed by atoms with van der Waals surface area (Å²) in [6.45, 7) is 10.6. The fourth-order valence-electron chi connectivity index (χ4n) is 2.43. The Labute approximate surface area is 140 Å². The quantitative estimate of drug-likeness (QED) is 0.729. The minimum atomic E-state index is -0.510. The van der Waals surface area contributed by atoms with Crippen molar-refractivity contribution in [3.05, 3.63) is 34.3 Å². The van der Waals surface area contributed by atoms with Crippen LogP contribution in [-0.4, -0.2) is 35.3 Å². The van der Waals surface area contributed by atoms with Crippen molar-refractivity contribution in [3.8, 4) is 0 Å². The van der Waals surface area contributed by atoms with Crippen molar-refractivity contribution in [1.29, 1.82) is 0 Å². The van der Waals surface area contributed by atoms with Crippen molar-refractivity contribution < 1.29 is 14.3 Å². The van der Waals surface area contributed by atoms with Crippen LogP contribution in [0.5, 0.6) is 0 Å². The number of nitrogens with zero attached hydrogens (tertiary/aromatic N) is 1. The zero-order valence-electron chi connectivity index (χ0n) is 13.9. The third-order valence-electron chi connectivity index (χ3n) is 3.44. The summed E-state index contributed by atoms with van der Waals surface area (Å²) in [5, 5.41) is 0. The molecular weight excluding hydrogens is 346 g/mol. The second-order valence-electron chi connectivity index (χ2n) is 7.25. The topological polar surface area (TPSA) is 38.8 Å². The van der Waals surface area contributed by atoms with Gasteiger partial charge in [-0.15, -0.1) is 0 Å². The minimum Gasteiger partial charge on any atom is -0.444 e. The largest absolute Gasteiger partial charge is 0.444 e. The van der Waals surface area contributed by atoms with Gasteiger partial charge in [-0.2, -0.15) is 0 Å². The molecule has 0 radical (unpaired) electrons. The van der Waals surface area contributed by atoms with E-state index in [4.69, 9.17) is 9.47 Å². The molecule has 1 atom stereocenters. The predicted molar refractivity (Wildman–Crippen MR) is 89.9 cm³/mol. The number of ether oxygens (including phenoxy) is 2. The number of amides is 1. The van der Waals surface area contributed by atoms with Crippen molar-refractivity contribution >= 4 is 22.0 Å². The average Bonchev–Trinajstić information content (AvgIpc) is 2.37. The van der Waals surface area contributed by atoms with E-state index in [1.54, 1.807) is 4.90 Å². The molecule has 1 amide bonds. The van der Waals surface area contributed by atoms with E-state index in [1.807, 2.05) is 58.9 Å². The molecule has 1 aliphatic rings. The molecule has 5 heteroatoms. The number of hydrogen-bond donors (Lipinski definition) is 0. The average molecular weight is 370 g/mol. The number of hydrogen-bond acceptors (Lipinski definition) is 3. The lowest BCUT2D eigenvalue weighted by atomic mass is 10.00. The highest BCUT2D eigenvalue weighted by Gasteiger charge is 2.39. The van der Waals surface area contributed by atoms with Gasteiger partial charge in [-0.3, -0.25) is 4.90 Å². The molecule has 0 aromatic heterocycles. The summed E-state index contributed by atoms with van der Waals surface area (Å²) >= 11 is 3.43. The molecular formula is C17H24BrNO3. The normalized spacial score (nSPS) is 21.5. The van der Waals surface area contributed by atoms with E-state index in [9.17, 15) is 4.79 Å². The number of carbonyl (C=O) groups is 1. The SMILES string of the molecule is CC(C)(C)OC(=O)N1CC(C)(C)OCC1c1ccc(Br)cc1. The molecule has 4 nitrogen and oxygen atoms in total. The van der Waals surface area contributed by atoms with Crippen LogP contribution in [0.4, 0.5) is 4.79 Å². The molecule has 0 bridgehead atoms. The van der Waals surface area contributed by atoms with Crippen LogP contribution >= 0.6 is 15.9 Å². The molecule has 1 unspecified atom stereocenters. The highest BCUT2D eigenvalue weighted by molar-refractivity contribution is 9.10. The van der Waals surface area contributed by atoms with Gasteiger partial charge in [0, 0.05) is 4.47 Å². The lowest BCUT2D eigenvalue weighted by molar-refractivity contribution is -0.114. The lowest BCUT2D eigenvalue weighted by Gasteiger charge is -2.44. The summed E-state index contributed by atoms with van der Waals surface area (Å²) in [4.78, 5) is 14.4. The van der Waals surface area contributed by atoms with E-state index < -0.39 is 5.60 Å². The summed E-state index contributed by atoms with van der Waals surface area (Å²) in [5.41, 5.74) is 0.164. The maximum Gasteiger partial charge on any atom is 0.410 e. The molecule has 1 aromatic rings. The van der Waals surface area contributed by atoms with Crippen molar-refractivity contribution in [3.63, 3.8) is 0 Å². The summed E-state index contributed by atoms with van der Waals surface area (Å²) in [7, 11) is 0. The number of halogens is 1. The second kappa shape index (κ2) is 6.20. The van der Waals surface area contributed by atoms with Gasteiger partial charge >= 0.3 is 6.09 Å². The Hall–Kier alpha value is -1.07. The van der Waals surface area contributed by atoms with E-state index in [0.717, 1.165) is 10.0 Å². The maximum absolute atomic E-state index is 12.6. The fraction of sp³-hybridized carbons (Fsp3) is 0.588. The predicted octanol–water partition coefficient (Wildman–Crippen LogP) is 4.54. The minimum absolute atomic E-state index is 0.129. The van der Waals surface area contributed by atoms with Gasteiger partial charge in [0.15, 0.2) is 0 Å². The van der Waals surface area contributed by atoms with E-state index >= 15 is 0 Å². The van der Waals surface area contributed by atoms with Crippen LogP contribution in [0.1, 0.15) is 46.2 Å². The number of carbonyl (C=O) groups excluding carboxylic acids is 1. The van der Waals surface area contributed by atoms with Crippen LogP contribution in [0.25, 0.3) is 0 Å². The third kappa shape index (κ3) is 4.46. The molecule has 0 aliphatic carbocycles. The van der Waals surface area contributed by atoms with Crippen LogP contribution in [0, 0.1) is 0 Å². The Bertz CT molecular complexity index is 534. The molecule has 1 aromatic carbocycles. The molecule has 0 spiro atoms. The van der Waals surface area contributed by atoms with E-state index in [-0.39, 0.29) is 17.7 Å². The standard InChI is InChI=1S/C17H24BrNO3/c1-16(2,3)22-15(20)19-11-17(4,5)21-10-14(19)12-6-8-13(18)9-7-12/h6-9,14H,10-11H2,1-5H3. The van der Waals surface area contributed by atoms with Crippen LogP contribution in [0.3, 0.4) is 0 Å². The van der Waals surface area contributed by atoms with Gasteiger partial charge in [0.1, 0.15) is 5.60 Å². The van der Waals surface area contributed by atoms with Crippen LogP contribution in [0.15, 0.2) is 28.7 Å². The monoisotopic (exact) mass is 369 g/mol. The number of morpholine rings is 1. The van der Waals surface area contributed by atoms with E-state index in [2.05, 4.69) is 15.9 Å². The van der Waals surface area contributed by atoms with Crippen LogP contribution < -0.4 is 0 Å². The van der Waals surface area contributed by atoms with E-state index in [1.165, 1.54) is 0 Å². The van der Waals surface area contributed by atoms with Gasteiger partial charge < -0.3 is 9.47 Å². The van der Waals surface area contributed by atoms with Gasteiger partial charge in [-0.25, -0.2) is 4.79 Å². The first-order valence-electron chi connectivity index (χ1n) is 7.46. The molecule has 1 aliphatic heterocycles. The summed E-state index contributed by atoms with van der Waals surface area (Å²) in [5.74, 6) is 0. The Morgan fingerprint density at radius 1 is 1.32 bits per heavy atom. The van der Waals surface area contributed by atoms with Gasteiger partial charge in [0.25, 0.3) is 0 Å². The smallest absolute Gasteiger partial charge is 0.410 e. The lowest BCUT2D eigenvalue weighted by Crippen LogP contribution is -2.53. The van der Waals surface area contributed by atoms with Crippen molar-refractivity contribution in [2.75, 3.05) is 13.2 Å².